The normalized spacial score (nSPS) is 11.8. The van der Waals surface area contributed by atoms with E-state index in [2.05, 4.69) is 27.6 Å². The van der Waals surface area contributed by atoms with Crippen LogP contribution < -0.4 is 5.32 Å². The smallest absolute Gasteiger partial charge is 0.233 e. The maximum Gasteiger partial charge on any atom is 0.233 e. The highest BCUT2D eigenvalue weighted by Gasteiger charge is 2.21. The Labute approximate surface area is 196 Å². The summed E-state index contributed by atoms with van der Waals surface area (Å²) >= 11 is 7.58. The largest absolute Gasteiger partial charge is 0.351 e. The van der Waals surface area contributed by atoms with Crippen LogP contribution in [0, 0.1) is 0 Å². The summed E-state index contributed by atoms with van der Waals surface area (Å²) in [5.74, 6) is 0.746. The van der Waals surface area contributed by atoms with Crippen LogP contribution >= 0.6 is 23.4 Å². The second kappa shape index (κ2) is 10.5. The minimum absolute atomic E-state index is 0.0814. The molecule has 0 saturated heterocycles. The molecule has 0 aliphatic heterocycles. The molecule has 5 nitrogen and oxygen atoms in total. The van der Waals surface area contributed by atoms with E-state index in [1.807, 2.05) is 84.3 Å². The Balaban J connectivity index is 1.52. The first-order valence-corrected chi connectivity index (χ1v) is 11.6. The van der Waals surface area contributed by atoms with Gasteiger partial charge in [-0.1, -0.05) is 90.1 Å². The van der Waals surface area contributed by atoms with Crippen LogP contribution in [0.5, 0.6) is 0 Å². The van der Waals surface area contributed by atoms with Crippen LogP contribution in [0.15, 0.2) is 90.1 Å². The van der Waals surface area contributed by atoms with Crippen molar-refractivity contribution >= 4 is 29.3 Å². The molecule has 0 aliphatic rings. The summed E-state index contributed by atoms with van der Waals surface area (Å²) in [7, 11) is 0. The SMILES string of the molecule is CC(Sc1nnc(Cc2ccccc2)n1-c1ccccc1)C(=O)NCc1ccccc1Cl. The highest BCUT2D eigenvalue weighted by Crippen LogP contribution is 2.27. The lowest BCUT2D eigenvalue weighted by Crippen LogP contribution is -2.30. The lowest BCUT2D eigenvalue weighted by atomic mass is 10.1. The van der Waals surface area contributed by atoms with E-state index < -0.39 is 0 Å². The zero-order valence-electron chi connectivity index (χ0n) is 17.6. The molecule has 1 unspecified atom stereocenters. The van der Waals surface area contributed by atoms with Gasteiger partial charge >= 0.3 is 0 Å². The molecular formula is C25H23ClN4OS. The van der Waals surface area contributed by atoms with Gasteiger partial charge in [0.25, 0.3) is 0 Å². The highest BCUT2D eigenvalue weighted by atomic mass is 35.5. The average Bonchev–Trinajstić information content (AvgIpc) is 3.21. The fourth-order valence-electron chi connectivity index (χ4n) is 3.29. The molecule has 7 heteroatoms. The van der Waals surface area contributed by atoms with Crippen LogP contribution in [0.2, 0.25) is 5.02 Å². The van der Waals surface area contributed by atoms with Crippen LogP contribution in [0.3, 0.4) is 0 Å². The number of hydrogen-bond donors (Lipinski definition) is 1. The molecule has 1 atom stereocenters. The molecule has 3 aromatic carbocycles. The minimum Gasteiger partial charge on any atom is -0.351 e. The van der Waals surface area contributed by atoms with Crippen LogP contribution in [0.25, 0.3) is 5.69 Å². The molecule has 0 saturated carbocycles. The molecule has 0 aliphatic carbocycles. The van der Waals surface area contributed by atoms with Crippen LogP contribution in [0.1, 0.15) is 23.9 Å². The second-order valence-corrected chi connectivity index (χ2v) is 9.02. The summed E-state index contributed by atoms with van der Waals surface area (Å²) in [5.41, 5.74) is 3.01. The van der Waals surface area contributed by atoms with E-state index in [0.29, 0.717) is 23.1 Å². The number of nitrogens with one attached hydrogen (secondary N) is 1. The van der Waals surface area contributed by atoms with Crippen molar-refractivity contribution in [1.29, 1.82) is 0 Å². The second-order valence-electron chi connectivity index (χ2n) is 7.30. The predicted molar refractivity (Wildman–Crippen MR) is 129 cm³/mol. The van der Waals surface area contributed by atoms with Gasteiger partial charge in [0.05, 0.1) is 5.25 Å². The Kier molecular flexibility index (Phi) is 7.24. The number of thioether (sulfide) groups is 1. The molecule has 1 amide bonds. The number of halogens is 1. The Morgan fingerprint density at radius 3 is 2.34 bits per heavy atom. The van der Waals surface area contributed by atoms with Gasteiger partial charge in [-0.25, -0.2) is 0 Å². The van der Waals surface area contributed by atoms with E-state index in [1.54, 1.807) is 0 Å². The Morgan fingerprint density at radius 2 is 1.62 bits per heavy atom. The van der Waals surface area contributed by atoms with E-state index in [1.165, 1.54) is 11.8 Å². The van der Waals surface area contributed by atoms with Gasteiger partial charge < -0.3 is 5.32 Å². The third-order valence-corrected chi connectivity index (χ3v) is 6.39. The molecule has 32 heavy (non-hydrogen) atoms. The van der Waals surface area contributed by atoms with Gasteiger partial charge in [-0.05, 0) is 36.2 Å². The quantitative estimate of drug-likeness (QED) is 0.360. The van der Waals surface area contributed by atoms with Gasteiger partial charge in [0, 0.05) is 23.7 Å². The average molecular weight is 463 g/mol. The number of benzene rings is 3. The number of aromatic nitrogens is 3. The topological polar surface area (TPSA) is 59.8 Å². The maximum absolute atomic E-state index is 12.7. The zero-order valence-corrected chi connectivity index (χ0v) is 19.2. The zero-order chi connectivity index (χ0) is 22.3. The summed E-state index contributed by atoms with van der Waals surface area (Å²) < 4.78 is 2.02. The van der Waals surface area contributed by atoms with E-state index >= 15 is 0 Å². The van der Waals surface area contributed by atoms with Crippen molar-refractivity contribution in [2.45, 2.75) is 30.3 Å². The van der Waals surface area contributed by atoms with Crippen LogP contribution in [0.4, 0.5) is 0 Å². The fraction of sp³-hybridized carbons (Fsp3) is 0.160. The molecule has 162 valence electrons. The lowest BCUT2D eigenvalue weighted by Gasteiger charge is -2.14. The van der Waals surface area contributed by atoms with Gasteiger partial charge in [-0.15, -0.1) is 10.2 Å². The van der Waals surface area contributed by atoms with Gasteiger partial charge in [0.15, 0.2) is 5.16 Å². The third kappa shape index (κ3) is 5.39. The first kappa shape index (κ1) is 22.1. The van der Waals surface area contributed by atoms with Crippen molar-refractivity contribution in [3.63, 3.8) is 0 Å². The summed E-state index contributed by atoms with van der Waals surface area (Å²) in [5, 5.41) is 12.8. The van der Waals surface area contributed by atoms with E-state index in [9.17, 15) is 4.79 Å². The number of amides is 1. The van der Waals surface area contributed by atoms with Gasteiger partial charge in [0.2, 0.25) is 5.91 Å². The molecular weight excluding hydrogens is 440 g/mol. The monoisotopic (exact) mass is 462 g/mol. The van der Waals surface area contributed by atoms with Crippen LogP contribution in [-0.2, 0) is 17.8 Å². The highest BCUT2D eigenvalue weighted by molar-refractivity contribution is 8.00. The molecule has 0 radical (unpaired) electrons. The lowest BCUT2D eigenvalue weighted by molar-refractivity contribution is -0.120. The van der Waals surface area contributed by atoms with Crippen molar-refractivity contribution in [1.82, 2.24) is 20.1 Å². The van der Waals surface area contributed by atoms with E-state index in [0.717, 1.165) is 22.6 Å². The molecule has 0 bridgehead atoms. The number of carbonyl (C=O) groups excluding carboxylic acids is 1. The first-order valence-electron chi connectivity index (χ1n) is 10.3. The minimum atomic E-state index is -0.353. The number of rotatable bonds is 8. The fourth-order valence-corrected chi connectivity index (χ4v) is 4.40. The molecule has 1 N–H and O–H groups in total. The third-order valence-electron chi connectivity index (χ3n) is 4.98. The summed E-state index contributed by atoms with van der Waals surface area (Å²) in [6, 6.07) is 27.6. The first-order chi connectivity index (χ1) is 15.6. The van der Waals surface area contributed by atoms with Gasteiger partial charge in [-0.2, -0.15) is 0 Å². The number of hydrogen-bond acceptors (Lipinski definition) is 4. The Morgan fingerprint density at radius 1 is 0.969 bits per heavy atom. The molecule has 0 fully saturated rings. The summed E-state index contributed by atoms with van der Waals surface area (Å²) in [4.78, 5) is 12.7. The summed E-state index contributed by atoms with van der Waals surface area (Å²) in [6.45, 7) is 2.25. The summed E-state index contributed by atoms with van der Waals surface area (Å²) in [6.07, 6.45) is 0.649. The molecule has 4 rings (SSSR count). The molecule has 1 heterocycles. The molecule has 0 spiro atoms. The number of nitrogens with zero attached hydrogens (tertiary/aromatic N) is 3. The maximum atomic E-state index is 12.7. The van der Waals surface area contributed by atoms with Crippen molar-refractivity contribution < 1.29 is 4.79 Å². The number of carbonyl (C=O) groups is 1. The van der Waals surface area contributed by atoms with Crippen molar-refractivity contribution in [2.75, 3.05) is 0 Å². The predicted octanol–water partition coefficient (Wildman–Crippen LogP) is 5.31. The standard InChI is InChI=1S/C25H23ClN4OS/c1-18(24(31)27-17-20-12-8-9-15-22(20)26)32-25-29-28-23(16-19-10-4-2-5-11-19)30(25)21-13-6-3-7-14-21/h2-15,18H,16-17H2,1H3,(H,27,31). The van der Waals surface area contributed by atoms with Crippen molar-refractivity contribution in [2.24, 2.45) is 0 Å². The van der Waals surface area contributed by atoms with Crippen molar-refractivity contribution in [3.05, 3.63) is 107 Å². The molecule has 1 aromatic heterocycles. The van der Waals surface area contributed by atoms with Gasteiger partial charge in [-0.3, -0.25) is 9.36 Å². The Hall–Kier alpha value is -3.09. The van der Waals surface area contributed by atoms with Gasteiger partial charge in [0.1, 0.15) is 5.82 Å². The van der Waals surface area contributed by atoms with E-state index in [-0.39, 0.29) is 11.2 Å². The number of para-hydroxylation sites is 1. The van der Waals surface area contributed by atoms with E-state index in [4.69, 9.17) is 11.6 Å². The van der Waals surface area contributed by atoms with Crippen molar-refractivity contribution in [3.8, 4) is 5.69 Å². The molecule has 4 aromatic rings. The van der Waals surface area contributed by atoms with Crippen LogP contribution in [-0.4, -0.2) is 25.9 Å². The Bertz CT molecular complexity index is 1180.